The number of hydrogen-bond acceptors (Lipinski definition) is 3. The molecule has 27 heavy (non-hydrogen) atoms. The second kappa shape index (κ2) is 9.95. The first-order valence-corrected chi connectivity index (χ1v) is 8.22. The molecule has 2 aromatic carbocycles. The van der Waals surface area contributed by atoms with Crippen LogP contribution in [0.5, 0.6) is 0 Å². The molecule has 0 aliphatic rings. The Morgan fingerprint density at radius 1 is 1.26 bits per heavy atom. The molecule has 2 unspecified atom stereocenters. The molecule has 0 fully saturated rings. The highest BCUT2D eigenvalue weighted by Gasteiger charge is 2.38. The van der Waals surface area contributed by atoms with Gasteiger partial charge in [0.2, 0.25) is 0 Å². The zero-order chi connectivity index (χ0) is 20.6. The van der Waals surface area contributed by atoms with Crippen LogP contribution in [-0.2, 0) is 11.2 Å². The van der Waals surface area contributed by atoms with Crippen molar-refractivity contribution in [2.45, 2.75) is 31.5 Å². The van der Waals surface area contributed by atoms with Gasteiger partial charge in [-0.15, -0.1) is 0 Å². The van der Waals surface area contributed by atoms with Gasteiger partial charge in [0.15, 0.2) is 0 Å². The molecule has 2 rings (SSSR count). The van der Waals surface area contributed by atoms with Gasteiger partial charge in [-0.1, -0.05) is 35.9 Å². The van der Waals surface area contributed by atoms with E-state index in [0.717, 1.165) is 17.0 Å². The number of benzene rings is 2. The Kier molecular flexibility index (Phi) is 8.29. The van der Waals surface area contributed by atoms with Crippen molar-refractivity contribution in [3.8, 4) is 6.07 Å². The third-order valence-electron chi connectivity index (χ3n) is 3.69. The maximum atomic E-state index is 10.6. The van der Waals surface area contributed by atoms with Gasteiger partial charge in [0.05, 0.1) is 11.6 Å². The van der Waals surface area contributed by atoms with Crippen molar-refractivity contribution in [2.75, 3.05) is 0 Å². The molecule has 0 heterocycles. The van der Waals surface area contributed by atoms with Gasteiger partial charge in [-0.2, -0.15) is 18.4 Å². The Balaban J connectivity index is 0.000000445. The minimum Gasteiger partial charge on any atom is -0.475 e. The number of halogens is 4. The van der Waals surface area contributed by atoms with Gasteiger partial charge < -0.3 is 10.8 Å². The Hall–Kier alpha value is -2.56. The molecule has 0 aliphatic carbocycles. The second-order valence-electron chi connectivity index (χ2n) is 5.84. The van der Waals surface area contributed by atoms with E-state index in [9.17, 15) is 13.2 Å². The molecule has 0 saturated carbocycles. The SMILES string of the molecule is CC(N)C(Cc1ccc(Cl)cc1)c1cccc(C#N)c1.O=C(O)C(F)(F)F. The topological polar surface area (TPSA) is 87.1 Å². The number of carboxylic acid groups (broad SMARTS) is 1. The van der Waals surface area contributed by atoms with Crippen molar-refractivity contribution in [2.24, 2.45) is 5.73 Å². The average molecular weight is 399 g/mol. The third-order valence-corrected chi connectivity index (χ3v) is 3.94. The van der Waals surface area contributed by atoms with Crippen LogP contribution >= 0.6 is 11.6 Å². The molecule has 144 valence electrons. The molecule has 0 aromatic heterocycles. The fourth-order valence-electron chi connectivity index (χ4n) is 2.32. The van der Waals surface area contributed by atoms with E-state index >= 15 is 0 Å². The van der Waals surface area contributed by atoms with E-state index in [2.05, 4.69) is 6.07 Å². The van der Waals surface area contributed by atoms with Crippen LogP contribution in [0.15, 0.2) is 48.5 Å². The highest BCUT2D eigenvalue weighted by molar-refractivity contribution is 6.30. The molecule has 0 bridgehead atoms. The van der Waals surface area contributed by atoms with Crippen molar-refractivity contribution >= 4 is 17.6 Å². The molecule has 3 N–H and O–H groups in total. The summed E-state index contributed by atoms with van der Waals surface area (Å²) in [6.45, 7) is 2.00. The zero-order valence-electron chi connectivity index (χ0n) is 14.4. The lowest BCUT2D eigenvalue weighted by atomic mass is 9.86. The quantitative estimate of drug-likeness (QED) is 0.792. The molecular formula is C19H18ClF3N2O2. The summed E-state index contributed by atoms with van der Waals surface area (Å²) in [4.78, 5) is 8.90. The predicted octanol–water partition coefficient (Wildman–Crippen LogP) is 4.52. The summed E-state index contributed by atoms with van der Waals surface area (Å²) in [6.07, 6.45) is -4.25. The largest absolute Gasteiger partial charge is 0.490 e. The maximum Gasteiger partial charge on any atom is 0.490 e. The molecular weight excluding hydrogens is 381 g/mol. The van der Waals surface area contributed by atoms with Crippen molar-refractivity contribution in [3.63, 3.8) is 0 Å². The number of alkyl halides is 3. The second-order valence-corrected chi connectivity index (χ2v) is 6.27. The Bertz CT molecular complexity index is 800. The van der Waals surface area contributed by atoms with Crippen LogP contribution in [0.4, 0.5) is 13.2 Å². The van der Waals surface area contributed by atoms with Gasteiger partial charge in [0.1, 0.15) is 0 Å². The number of aliphatic carboxylic acids is 1. The minimum absolute atomic E-state index is 0.0135. The van der Waals surface area contributed by atoms with E-state index in [0.29, 0.717) is 5.56 Å². The highest BCUT2D eigenvalue weighted by atomic mass is 35.5. The van der Waals surface area contributed by atoms with Crippen LogP contribution < -0.4 is 5.73 Å². The van der Waals surface area contributed by atoms with E-state index in [1.165, 1.54) is 5.56 Å². The normalized spacial score (nSPS) is 12.9. The lowest BCUT2D eigenvalue weighted by molar-refractivity contribution is -0.192. The summed E-state index contributed by atoms with van der Waals surface area (Å²) >= 11 is 5.91. The fraction of sp³-hybridized carbons (Fsp3) is 0.263. The van der Waals surface area contributed by atoms with Gasteiger partial charge in [-0.05, 0) is 48.7 Å². The van der Waals surface area contributed by atoms with E-state index in [1.807, 2.05) is 55.5 Å². The highest BCUT2D eigenvalue weighted by Crippen LogP contribution is 2.25. The maximum absolute atomic E-state index is 10.6. The summed E-state index contributed by atoms with van der Waals surface area (Å²) in [5, 5.41) is 16.9. The van der Waals surface area contributed by atoms with Crippen molar-refractivity contribution in [3.05, 3.63) is 70.2 Å². The predicted molar refractivity (Wildman–Crippen MR) is 96.4 cm³/mol. The van der Waals surface area contributed by atoms with E-state index in [-0.39, 0.29) is 12.0 Å². The molecule has 0 spiro atoms. The van der Waals surface area contributed by atoms with Crippen LogP contribution in [0.3, 0.4) is 0 Å². The van der Waals surface area contributed by atoms with Crippen LogP contribution in [0.1, 0.15) is 29.5 Å². The van der Waals surface area contributed by atoms with Gasteiger partial charge in [0, 0.05) is 17.0 Å². The fourth-order valence-corrected chi connectivity index (χ4v) is 2.45. The lowest BCUT2D eigenvalue weighted by Crippen LogP contribution is -2.26. The van der Waals surface area contributed by atoms with E-state index < -0.39 is 12.1 Å². The van der Waals surface area contributed by atoms with Gasteiger partial charge >= 0.3 is 12.1 Å². The van der Waals surface area contributed by atoms with Gasteiger partial charge in [-0.3, -0.25) is 0 Å². The number of nitrogens with zero attached hydrogens (tertiary/aromatic N) is 1. The van der Waals surface area contributed by atoms with Crippen LogP contribution in [-0.4, -0.2) is 23.3 Å². The number of nitrogens with two attached hydrogens (primary N) is 1. The van der Waals surface area contributed by atoms with Gasteiger partial charge in [0.25, 0.3) is 0 Å². The first kappa shape index (κ1) is 22.5. The number of rotatable bonds is 4. The smallest absolute Gasteiger partial charge is 0.475 e. The molecule has 2 aromatic rings. The molecule has 0 amide bonds. The summed E-state index contributed by atoms with van der Waals surface area (Å²) in [5.41, 5.74) is 9.10. The molecule has 0 radical (unpaired) electrons. The third kappa shape index (κ3) is 7.69. The first-order chi connectivity index (χ1) is 12.5. The van der Waals surface area contributed by atoms with Crippen LogP contribution in [0.2, 0.25) is 5.02 Å². The van der Waals surface area contributed by atoms with E-state index in [4.69, 9.17) is 32.5 Å². The zero-order valence-corrected chi connectivity index (χ0v) is 15.1. The van der Waals surface area contributed by atoms with E-state index in [1.54, 1.807) is 0 Å². The summed E-state index contributed by atoms with van der Waals surface area (Å²) in [5.74, 6) is -2.57. The van der Waals surface area contributed by atoms with Gasteiger partial charge in [-0.25, -0.2) is 4.79 Å². The minimum atomic E-state index is -5.08. The average Bonchev–Trinajstić information content (AvgIpc) is 2.60. The Morgan fingerprint density at radius 2 is 1.81 bits per heavy atom. The number of nitriles is 1. The molecule has 0 saturated heterocycles. The summed E-state index contributed by atoms with van der Waals surface area (Å²) in [7, 11) is 0. The standard InChI is InChI=1S/C17H17ClN2.C2HF3O2/c1-12(20)17(10-13-5-7-16(18)8-6-13)15-4-2-3-14(9-15)11-19;3-2(4,5)1(6)7/h2-9,12,17H,10,20H2,1H3;(H,6,7). The molecule has 4 nitrogen and oxygen atoms in total. The van der Waals surface area contributed by atoms with Crippen molar-refractivity contribution in [1.82, 2.24) is 0 Å². The Morgan fingerprint density at radius 3 is 2.26 bits per heavy atom. The number of hydrogen-bond donors (Lipinski definition) is 2. The Labute approximate surface area is 160 Å². The van der Waals surface area contributed by atoms with Crippen molar-refractivity contribution in [1.29, 1.82) is 5.26 Å². The number of carboxylic acids is 1. The van der Waals surface area contributed by atoms with Crippen LogP contribution in [0, 0.1) is 11.3 Å². The first-order valence-electron chi connectivity index (χ1n) is 7.84. The molecule has 2 atom stereocenters. The van der Waals surface area contributed by atoms with Crippen LogP contribution in [0.25, 0.3) is 0 Å². The number of carbonyl (C=O) groups is 1. The summed E-state index contributed by atoms with van der Waals surface area (Å²) < 4.78 is 31.7. The summed E-state index contributed by atoms with van der Waals surface area (Å²) in [6, 6.07) is 17.7. The molecule has 8 heteroatoms. The molecule has 0 aliphatic heterocycles. The lowest BCUT2D eigenvalue weighted by Gasteiger charge is -2.21. The van der Waals surface area contributed by atoms with Crippen molar-refractivity contribution < 1.29 is 23.1 Å². The monoisotopic (exact) mass is 398 g/mol.